The van der Waals surface area contributed by atoms with E-state index in [0.717, 1.165) is 19.3 Å². The van der Waals surface area contributed by atoms with Crippen LogP contribution in [0.2, 0.25) is 0 Å². The molecule has 0 rings (SSSR count). The Labute approximate surface area is 156 Å². The molecule has 0 saturated carbocycles. The fourth-order valence-electron chi connectivity index (χ4n) is 3.89. The third-order valence-electron chi connectivity index (χ3n) is 5.16. The lowest BCUT2D eigenvalue weighted by atomic mass is 9.79. The number of unbranched alkanes of at least 4 members (excludes halogenated alkanes) is 7. The quantitative estimate of drug-likeness (QED) is 0.360. The van der Waals surface area contributed by atoms with Crippen LogP contribution in [0, 0.1) is 5.92 Å². The number of rotatable bonds is 15. The predicted molar refractivity (Wildman–Crippen MR) is 103 cm³/mol. The van der Waals surface area contributed by atoms with Gasteiger partial charge in [0.15, 0.2) is 0 Å². The smallest absolute Gasteiger partial charge is 0.121 e. The van der Waals surface area contributed by atoms with Gasteiger partial charge in [0, 0.05) is 18.8 Å². The molecule has 0 radical (unpaired) electrons. The number of likely N-dealkylation sites (N-methyl/N-ethyl adjacent to an activating group) is 1. The summed E-state index contributed by atoms with van der Waals surface area (Å²) in [5.41, 5.74) is -1.19. The van der Waals surface area contributed by atoms with Crippen LogP contribution in [0.25, 0.3) is 0 Å². The zero-order chi connectivity index (χ0) is 19.5. The Morgan fingerprint density at radius 1 is 1.00 bits per heavy atom. The predicted octanol–water partition coefficient (Wildman–Crippen LogP) is 3.51. The zero-order valence-corrected chi connectivity index (χ0v) is 17.6. The molecule has 0 aliphatic carbocycles. The summed E-state index contributed by atoms with van der Waals surface area (Å²) in [6, 6.07) is -0.102. The van der Waals surface area contributed by atoms with E-state index in [1.54, 1.807) is 0 Å². The van der Waals surface area contributed by atoms with Gasteiger partial charge in [-0.15, -0.1) is 0 Å². The Balaban J connectivity index is 4.70. The van der Waals surface area contributed by atoms with E-state index in [4.69, 9.17) is 0 Å². The van der Waals surface area contributed by atoms with Crippen molar-refractivity contribution in [1.82, 2.24) is 0 Å². The van der Waals surface area contributed by atoms with Gasteiger partial charge in [-0.25, -0.2) is 0 Å². The van der Waals surface area contributed by atoms with E-state index < -0.39 is 11.6 Å². The van der Waals surface area contributed by atoms with Crippen LogP contribution in [-0.4, -0.2) is 48.3 Å². The highest BCUT2D eigenvalue weighted by Gasteiger charge is 2.44. The third kappa shape index (κ3) is 10.9. The van der Waals surface area contributed by atoms with E-state index in [-0.39, 0.29) is 12.5 Å². The molecule has 0 aromatic carbocycles. The standard InChI is InChI=1S/C21H43NO3/c1-7-8-9-10-11-12-13-14-15-21(25,17-20(23)24)19(16-18(2)3)22(4,5)6/h18-19,25H,7-17H2,1-6H3/t19?,21-/m1/s1. The molecule has 0 aromatic heterocycles. The van der Waals surface area contributed by atoms with Crippen LogP contribution < -0.4 is 5.11 Å². The fourth-order valence-corrected chi connectivity index (χ4v) is 3.89. The number of carboxylic acid groups (broad SMARTS) is 1. The van der Waals surface area contributed by atoms with Gasteiger partial charge in [-0.3, -0.25) is 0 Å². The number of nitrogens with zero attached hydrogens (tertiary/aromatic N) is 1. The number of carbonyl (C=O) groups excluding carboxylic acids is 1. The van der Waals surface area contributed by atoms with Crippen LogP contribution in [0.1, 0.15) is 91.4 Å². The van der Waals surface area contributed by atoms with Crippen LogP contribution in [0.4, 0.5) is 0 Å². The Morgan fingerprint density at radius 2 is 1.48 bits per heavy atom. The second kappa shape index (κ2) is 11.9. The number of carbonyl (C=O) groups is 1. The molecule has 1 unspecified atom stereocenters. The highest BCUT2D eigenvalue weighted by atomic mass is 16.4. The summed E-state index contributed by atoms with van der Waals surface area (Å²) >= 11 is 0. The van der Waals surface area contributed by atoms with Crippen molar-refractivity contribution in [3.8, 4) is 0 Å². The number of aliphatic hydroxyl groups is 1. The molecule has 0 amide bonds. The minimum atomic E-state index is -1.19. The normalized spacial score (nSPS) is 16.0. The second-order valence-corrected chi connectivity index (χ2v) is 9.14. The van der Waals surface area contributed by atoms with Gasteiger partial charge >= 0.3 is 0 Å². The molecule has 150 valence electrons. The van der Waals surface area contributed by atoms with Crippen LogP contribution in [0.15, 0.2) is 0 Å². The number of aliphatic carboxylic acids is 1. The average Bonchev–Trinajstić information content (AvgIpc) is 2.45. The molecule has 0 bridgehead atoms. The van der Waals surface area contributed by atoms with Gasteiger partial charge in [0.25, 0.3) is 0 Å². The van der Waals surface area contributed by atoms with Gasteiger partial charge in [0.2, 0.25) is 0 Å². The van der Waals surface area contributed by atoms with Crippen molar-refractivity contribution in [2.75, 3.05) is 21.1 Å². The third-order valence-corrected chi connectivity index (χ3v) is 5.16. The molecule has 4 nitrogen and oxygen atoms in total. The summed E-state index contributed by atoms with van der Waals surface area (Å²) in [4.78, 5) is 11.3. The Hall–Kier alpha value is -0.610. The molecule has 0 aromatic rings. The van der Waals surface area contributed by atoms with E-state index in [9.17, 15) is 15.0 Å². The van der Waals surface area contributed by atoms with Gasteiger partial charge < -0.3 is 19.5 Å². The van der Waals surface area contributed by atoms with Crippen molar-refractivity contribution in [3.05, 3.63) is 0 Å². The van der Waals surface area contributed by atoms with E-state index in [1.807, 2.05) is 21.1 Å². The Kier molecular flexibility index (Phi) is 11.6. The average molecular weight is 358 g/mol. The molecular formula is C21H43NO3. The molecule has 0 aliphatic rings. The first-order valence-corrected chi connectivity index (χ1v) is 10.3. The summed E-state index contributed by atoms with van der Waals surface area (Å²) in [6.45, 7) is 6.47. The highest BCUT2D eigenvalue weighted by Crippen LogP contribution is 2.32. The van der Waals surface area contributed by atoms with Crippen molar-refractivity contribution >= 4 is 5.97 Å². The lowest BCUT2D eigenvalue weighted by molar-refractivity contribution is -0.904. The lowest BCUT2D eigenvalue weighted by Gasteiger charge is -2.45. The number of hydrogen-bond acceptors (Lipinski definition) is 3. The molecule has 25 heavy (non-hydrogen) atoms. The van der Waals surface area contributed by atoms with Crippen LogP contribution in [-0.2, 0) is 4.79 Å². The lowest BCUT2D eigenvalue weighted by Crippen LogP contribution is -2.60. The number of carboxylic acids is 1. The molecular weight excluding hydrogens is 314 g/mol. The first-order chi connectivity index (χ1) is 11.5. The molecule has 0 aliphatic heterocycles. The fraction of sp³-hybridized carbons (Fsp3) is 0.952. The van der Waals surface area contributed by atoms with Gasteiger partial charge in [0.05, 0.1) is 21.1 Å². The van der Waals surface area contributed by atoms with Gasteiger partial charge in [-0.1, -0.05) is 72.1 Å². The van der Waals surface area contributed by atoms with E-state index in [2.05, 4.69) is 20.8 Å². The maximum Gasteiger partial charge on any atom is 0.121 e. The van der Waals surface area contributed by atoms with Gasteiger partial charge in [0.1, 0.15) is 11.6 Å². The van der Waals surface area contributed by atoms with Crippen LogP contribution in [0.3, 0.4) is 0 Å². The van der Waals surface area contributed by atoms with E-state index >= 15 is 0 Å². The summed E-state index contributed by atoms with van der Waals surface area (Å²) in [5.74, 6) is -0.738. The molecule has 0 heterocycles. The summed E-state index contributed by atoms with van der Waals surface area (Å²) in [5, 5.41) is 22.6. The van der Waals surface area contributed by atoms with Crippen molar-refractivity contribution in [2.45, 2.75) is 103 Å². The van der Waals surface area contributed by atoms with Gasteiger partial charge in [-0.05, 0) is 12.3 Å². The summed E-state index contributed by atoms with van der Waals surface area (Å²) in [7, 11) is 6.13. The second-order valence-electron chi connectivity index (χ2n) is 9.14. The first-order valence-electron chi connectivity index (χ1n) is 10.3. The zero-order valence-electron chi connectivity index (χ0n) is 17.6. The van der Waals surface area contributed by atoms with E-state index in [1.165, 1.54) is 38.5 Å². The van der Waals surface area contributed by atoms with Crippen molar-refractivity contribution < 1.29 is 19.5 Å². The van der Waals surface area contributed by atoms with Crippen LogP contribution in [0.5, 0.6) is 0 Å². The molecule has 4 heteroatoms. The Bertz CT molecular complexity index is 363. The summed E-state index contributed by atoms with van der Waals surface area (Å²) in [6.07, 6.45) is 10.6. The monoisotopic (exact) mass is 357 g/mol. The van der Waals surface area contributed by atoms with Crippen molar-refractivity contribution in [1.29, 1.82) is 0 Å². The molecule has 2 atom stereocenters. The molecule has 1 N–H and O–H groups in total. The van der Waals surface area contributed by atoms with Gasteiger partial charge in [-0.2, -0.15) is 0 Å². The topological polar surface area (TPSA) is 60.4 Å². The maximum absolute atomic E-state index is 11.3. The molecule has 0 fully saturated rings. The van der Waals surface area contributed by atoms with Crippen molar-refractivity contribution in [3.63, 3.8) is 0 Å². The molecule has 0 saturated heterocycles. The van der Waals surface area contributed by atoms with Crippen LogP contribution >= 0.6 is 0 Å². The highest BCUT2D eigenvalue weighted by molar-refractivity contribution is 5.65. The number of quaternary nitrogens is 1. The Morgan fingerprint density at radius 3 is 1.88 bits per heavy atom. The SMILES string of the molecule is CCCCCCCCCC[C@@](O)(CC(=O)[O-])C(CC(C)C)[N+](C)(C)C. The minimum Gasteiger partial charge on any atom is -0.550 e. The van der Waals surface area contributed by atoms with Crippen molar-refractivity contribution in [2.24, 2.45) is 5.92 Å². The van der Waals surface area contributed by atoms with E-state index in [0.29, 0.717) is 16.8 Å². The summed E-state index contributed by atoms with van der Waals surface area (Å²) < 4.78 is 0.568. The minimum absolute atomic E-state index is 0.102. The maximum atomic E-state index is 11.3. The molecule has 0 spiro atoms. The number of hydrogen-bond donors (Lipinski definition) is 1. The first kappa shape index (κ1) is 24.4. The largest absolute Gasteiger partial charge is 0.550 e.